The number of aliphatic imine (C=N–C) groups is 1. The van der Waals surface area contributed by atoms with Crippen LogP contribution in [0.4, 0.5) is 15.4 Å². The smallest absolute Gasteiger partial charge is 0.317 e. The van der Waals surface area contributed by atoms with Crippen LogP contribution in [0.5, 0.6) is 0 Å². The summed E-state index contributed by atoms with van der Waals surface area (Å²) in [6.45, 7) is 2.50. The van der Waals surface area contributed by atoms with Gasteiger partial charge >= 0.3 is 6.01 Å². The van der Waals surface area contributed by atoms with Gasteiger partial charge in [-0.2, -0.15) is 4.39 Å². The van der Waals surface area contributed by atoms with E-state index in [1.807, 2.05) is 54.6 Å². The lowest BCUT2D eigenvalue weighted by Gasteiger charge is -2.27. The number of morpholine rings is 1. The third-order valence-electron chi connectivity index (χ3n) is 7.02. The number of nitrogens with zero attached hydrogens (tertiary/aromatic N) is 6. The molecule has 0 unspecified atom stereocenters. The highest BCUT2D eigenvalue weighted by Gasteiger charge is 2.29. The number of carbonyl (C=O) groups is 1. The number of anilines is 2. The Balaban J connectivity index is 1.22. The zero-order chi connectivity index (χ0) is 28.5. The average Bonchev–Trinajstić information content (AvgIpc) is 3.65. The van der Waals surface area contributed by atoms with E-state index in [4.69, 9.17) is 19.1 Å². The number of aromatic nitrogens is 4. The number of carbonyl (C=O) groups excluding carboxylic acids is 1. The predicted octanol–water partition coefficient (Wildman–Crippen LogP) is 4.63. The summed E-state index contributed by atoms with van der Waals surface area (Å²) in [7, 11) is 0. The van der Waals surface area contributed by atoms with Crippen molar-refractivity contribution in [3.05, 3.63) is 95.6 Å². The van der Waals surface area contributed by atoms with Crippen LogP contribution >= 0.6 is 11.3 Å². The van der Waals surface area contributed by atoms with Crippen molar-refractivity contribution >= 4 is 33.8 Å². The van der Waals surface area contributed by atoms with E-state index in [0.29, 0.717) is 48.3 Å². The van der Waals surface area contributed by atoms with Gasteiger partial charge in [-0.1, -0.05) is 71.0 Å². The Kier molecular flexibility index (Phi) is 6.98. The van der Waals surface area contributed by atoms with Gasteiger partial charge in [0.25, 0.3) is 5.89 Å². The van der Waals surface area contributed by atoms with Crippen molar-refractivity contribution in [2.75, 3.05) is 36.5 Å². The summed E-state index contributed by atoms with van der Waals surface area (Å²) in [4.78, 5) is 28.9. The standard InChI is InChI=1S/C30H24FN7O3S/c31-23-11-10-20(17-32-23)28-34-25(29(42-28)38-12-14-40-15-13-38)27-36-37-30(41-27)35-26-22(39)16-19-8-4-5-9-21(19)24(33-26)18-6-2-1-3-7-18/h1-11,17,26H,12-16H2,(H,35,37)/t26-/m1/s1. The molecule has 7 rings (SSSR count). The van der Waals surface area contributed by atoms with Gasteiger partial charge in [0.15, 0.2) is 17.6 Å². The van der Waals surface area contributed by atoms with Gasteiger partial charge in [0.2, 0.25) is 5.95 Å². The van der Waals surface area contributed by atoms with E-state index in [1.165, 1.54) is 23.6 Å². The van der Waals surface area contributed by atoms with Crippen LogP contribution in [0.25, 0.3) is 22.2 Å². The fourth-order valence-electron chi connectivity index (χ4n) is 4.95. The molecule has 1 fully saturated rings. The molecule has 0 bridgehead atoms. The molecule has 2 aliphatic rings. The molecule has 2 aromatic carbocycles. The first-order valence-corrected chi connectivity index (χ1v) is 14.2. The summed E-state index contributed by atoms with van der Waals surface area (Å²) in [6.07, 6.45) is 0.715. The number of halogens is 1. The van der Waals surface area contributed by atoms with E-state index in [-0.39, 0.29) is 24.1 Å². The van der Waals surface area contributed by atoms with E-state index in [9.17, 15) is 9.18 Å². The van der Waals surface area contributed by atoms with Crippen molar-refractivity contribution in [1.82, 2.24) is 20.2 Å². The average molecular weight is 582 g/mol. The molecule has 1 atom stereocenters. The highest BCUT2D eigenvalue weighted by atomic mass is 32.1. The van der Waals surface area contributed by atoms with E-state index >= 15 is 0 Å². The second-order valence-corrected chi connectivity index (χ2v) is 10.7. The van der Waals surface area contributed by atoms with Crippen LogP contribution in [0.3, 0.4) is 0 Å². The van der Waals surface area contributed by atoms with Gasteiger partial charge in [-0.05, 0) is 17.7 Å². The molecule has 5 heterocycles. The second-order valence-electron chi connectivity index (χ2n) is 9.75. The van der Waals surface area contributed by atoms with E-state index in [2.05, 4.69) is 25.4 Å². The summed E-state index contributed by atoms with van der Waals surface area (Å²) in [5, 5.41) is 13.0. The van der Waals surface area contributed by atoms with E-state index in [0.717, 1.165) is 21.7 Å². The number of pyridine rings is 1. The molecular formula is C30H24FN7O3S. The van der Waals surface area contributed by atoms with E-state index < -0.39 is 12.1 Å². The van der Waals surface area contributed by atoms with Gasteiger partial charge in [-0.3, -0.25) is 9.79 Å². The van der Waals surface area contributed by atoms with Crippen LogP contribution in [0.15, 0.2) is 82.3 Å². The highest BCUT2D eigenvalue weighted by molar-refractivity contribution is 7.19. The zero-order valence-electron chi connectivity index (χ0n) is 22.2. The first-order chi connectivity index (χ1) is 20.6. The van der Waals surface area contributed by atoms with Gasteiger partial charge < -0.3 is 19.4 Å². The number of benzene rings is 2. The first kappa shape index (κ1) is 26.1. The molecule has 42 heavy (non-hydrogen) atoms. The van der Waals surface area contributed by atoms with Gasteiger partial charge in [-0.25, -0.2) is 9.97 Å². The summed E-state index contributed by atoms with van der Waals surface area (Å²) >= 11 is 1.43. The predicted molar refractivity (Wildman–Crippen MR) is 156 cm³/mol. The molecule has 12 heteroatoms. The molecule has 2 aliphatic heterocycles. The Bertz CT molecular complexity index is 1770. The van der Waals surface area contributed by atoms with Crippen molar-refractivity contribution in [3.8, 4) is 22.2 Å². The van der Waals surface area contributed by atoms with Gasteiger partial charge in [0.1, 0.15) is 10.0 Å². The zero-order valence-corrected chi connectivity index (χ0v) is 23.1. The van der Waals surface area contributed by atoms with Crippen molar-refractivity contribution in [2.24, 2.45) is 4.99 Å². The largest absolute Gasteiger partial charge is 0.402 e. The summed E-state index contributed by atoms with van der Waals surface area (Å²) in [5.41, 5.74) is 4.59. The molecule has 0 aliphatic carbocycles. The number of Topliss-reactive ketones (excluding diaryl/α,β-unsaturated/α-hetero) is 1. The maximum Gasteiger partial charge on any atom is 0.317 e. The fourth-order valence-corrected chi connectivity index (χ4v) is 6.05. The third-order valence-corrected chi connectivity index (χ3v) is 8.18. The lowest BCUT2D eigenvalue weighted by atomic mass is 9.96. The van der Waals surface area contributed by atoms with Crippen molar-refractivity contribution in [2.45, 2.75) is 12.6 Å². The first-order valence-electron chi connectivity index (χ1n) is 13.4. The Morgan fingerprint density at radius 2 is 1.76 bits per heavy atom. The van der Waals surface area contributed by atoms with Crippen LogP contribution in [0.1, 0.15) is 16.7 Å². The number of fused-ring (bicyclic) bond motifs is 1. The number of ketones is 1. The van der Waals surface area contributed by atoms with Gasteiger partial charge in [0.05, 0.1) is 18.9 Å². The fraction of sp³-hybridized carbons (Fsp3) is 0.200. The quantitative estimate of drug-likeness (QED) is 0.286. The lowest BCUT2D eigenvalue weighted by molar-refractivity contribution is -0.119. The lowest BCUT2D eigenvalue weighted by Crippen LogP contribution is -2.35. The van der Waals surface area contributed by atoms with Gasteiger partial charge in [-0.15, -0.1) is 5.10 Å². The summed E-state index contributed by atoms with van der Waals surface area (Å²) < 4.78 is 25.0. The minimum atomic E-state index is -0.934. The van der Waals surface area contributed by atoms with Crippen LogP contribution in [0, 0.1) is 5.95 Å². The maximum absolute atomic E-state index is 13.5. The monoisotopic (exact) mass is 581 g/mol. The van der Waals surface area contributed by atoms with Crippen molar-refractivity contribution < 1.29 is 18.3 Å². The maximum atomic E-state index is 13.5. The highest BCUT2D eigenvalue weighted by Crippen LogP contribution is 2.40. The normalized spacial score (nSPS) is 17.0. The molecule has 5 aromatic rings. The number of hydrogen-bond donors (Lipinski definition) is 1. The molecule has 1 saturated heterocycles. The van der Waals surface area contributed by atoms with Crippen LogP contribution in [-0.4, -0.2) is 64.1 Å². The molecule has 1 N–H and O–H groups in total. The van der Waals surface area contributed by atoms with Crippen LogP contribution in [0.2, 0.25) is 0 Å². The molecule has 0 amide bonds. The minimum Gasteiger partial charge on any atom is -0.402 e. The second kappa shape index (κ2) is 11.2. The Morgan fingerprint density at radius 3 is 2.57 bits per heavy atom. The molecule has 0 spiro atoms. The minimum absolute atomic E-state index is 0.0522. The van der Waals surface area contributed by atoms with Gasteiger partial charge in [0, 0.05) is 42.4 Å². The number of ether oxygens (including phenoxy) is 1. The molecule has 210 valence electrons. The van der Waals surface area contributed by atoms with Crippen molar-refractivity contribution in [3.63, 3.8) is 0 Å². The Hall–Kier alpha value is -4.81. The summed E-state index contributed by atoms with van der Waals surface area (Å²) in [6, 6.07) is 20.5. The van der Waals surface area contributed by atoms with Crippen LogP contribution < -0.4 is 10.2 Å². The van der Waals surface area contributed by atoms with E-state index in [1.54, 1.807) is 6.07 Å². The number of rotatable bonds is 6. The number of nitrogens with one attached hydrogen (secondary N) is 1. The SMILES string of the molecule is O=C1Cc2ccccc2C(c2ccccc2)=N[C@@H]1Nc1nnc(-c2nc(-c3ccc(F)nc3)sc2N2CCOCC2)o1. The Labute approximate surface area is 243 Å². The number of thiazole rings is 1. The third kappa shape index (κ3) is 5.17. The topological polar surface area (TPSA) is 119 Å². The summed E-state index contributed by atoms with van der Waals surface area (Å²) in [5.74, 6) is -0.499. The Morgan fingerprint density at radius 1 is 0.952 bits per heavy atom. The molecule has 10 nitrogen and oxygen atoms in total. The molecule has 0 saturated carbocycles. The number of hydrogen-bond acceptors (Lipinski definition) is 11. The molecule has 3 aromatic heterocycles. The van der Waals surface area contributed by atoms with Crippen molar-refractivity contribution in [1.29, 1.82) is 0 Å². The molecular weight excluding hydrogens is 557 g/mol. The van der Waals surface area contributed by atoms with Crippen LogP contribution in [-0.2, 0) is 16.0 Å². The molecule has 0 radical (unpaired) electrons.